The van der Waals surface area contributed by atoms with Gasteiger partial charge in [0.05, 0.1) is 6.61 Å². The van der Waals surface area contributed by atoms with Crippen LogP contribution in [0.3, 0.4) is 0 Å². The molecular weight excluding hydrogens is 198 g/mol. The molecule has 2 heteroatoms. The SMILES string of the molecule is Cc1ccc2c(c1)[nH]c1ccc(CO)cc12. The summed E-state index contributed by atoms with van der Waals surface area (Å²) in [5.41, 5.74) is 4.48. The van der Waals surface area contributed by atoms with E-state index in [0.717, 1.165) is 16.6 Å². The van der Waals surface area contributed by atoms with Crippen LogP contribution in [0.4, 0.5) is 0 Å². The Hall–Kier alpha value is -1.80. The highest BCUT2D eigenvalue weighted by Crippen LogP contribution is 2.26. The summed E-state index contributed by atoms with van der Waals surface area (Å²) in [4.78, 5) is 3.39. The predicted octanol–water partition coefficient (Wildman–Crippen LogP) is 3.12. The number of aromatic nitrogens is 1. The van der Waals surface area contributed by atoms with E-state index in [1.54, 1.807) is 0 Å². The van der Waals surface area contributed by atoms with Crippen LogP contribution in [-0.4, -0.2) is 10.1 Å². The van der Waals surface area contributed by atoms with Gasteiger partial charge in [0.15, 0.2) is 0 Å². The Bertz CT molecular complexity index is 667. The summed E-state index contributed by atoms with van der Waals surface area (Å²) >= 11 is 0. The molecule has 0 aliphatic carbocycles. The van der Waals surface area contributed by atoms with E-state index < -0.39 is 0 Å². The molecule has 3 aromatic rings. The summed E-state index contributed by atoms with van der Waals surface area (Å²) in [5.74, 6) is 0. The van der Waals surface area contributed by atoms with Crippen LogP contribution in [0.15, 0.2) is 36.4 Å². The summed E-state index contributed by atoms with van der Waals surface area (Å²) in [5, 5.41) is 11.5. The maximum Gasteiger partial charge on any atom is 0.0682 e. The second kappa shape index (κ2) is 3.35. The molecule has 0 radical (unpaired) electrons. The van der Waals surface area contributed by atoms with Gasteiger partial charge in [0.1, 0.15) is 0 Å². The van der Waals surface area contributed by atoms with Crippen molar-refractivity contribution in [2.45, 2.75) is 13.5 Å². The van der Waals surface area contributed by atoms with Gasteiger partial charge in [-0.3, -0.25) is 0 Å². The molecule has 0 aliphatic rings. The number of hydrogen-bond acceptors (Lipinski definition) is 1. The van der Waals surface area contributed by atoms with E-state index in [1.165, 1.54) is 16.3 Å². The number of hydrogen-bond donors (Lipinski definition) is 2. The minimum absolute atomic E-state index is 0.0917. The van der Waals surface area contributed by atoms with Gasteiger partial charge in [0.2, 0.25) is 0 Å². The first-order valence-corrected chi connectivity index (χ1v) is 5.40. The Labute approximate surface area is 93.5 Å². The third-order valence-electron chi connectivity index (χ3n) is 3.00. The minimum atomic E-state index is 0.0917. The van der Waals surface area contributed by atoms with Crippen molar-refractivity contribution >= 4 is 21.8 Å². The van der Waals surface area contributed by atoms with Gasteiger partial charge >= 0.3 is 0 Å². The molecule has 2 N–H and O–H groups in total. The number of aliphatic hydroxyl groups excluding tert-OH is 1. The largest absolute Gasteiger partial charge is 0.392 e. The first kappa shape index (κ1) is 9.43. The van der Waals surface area contributed by atoms with E-state index >= 15 is 0 Å². The molecule has 0 unspecified atom stereocenters. The van der Waals surface area contributed by atoms with Gasteiger partial charge in [0.25, 0.3) is 0 Å². The molecule has 1 aromatic heterocycles. The van der Waals surface area contributed by atoms with Crippen molar-refractivity contribution in [3.8, 4) is 0 Å². The Morgan fingerprint density at radius 1 is 1.00 bits per heavy atom. The lowest BCUT2D eigenvalue weighted by molar-refractivity contribution is 0.282. The van der Waals surface area contributed by atoms with Crippen molar-refractivity contribution in [3.63, 3.8) is 0 Å². The van der Waals surface area contributed by atoms with E-state index in [1.807, 2.05) is 18.2 Å². The van der Waals surface area contributed by atoms with Crippen LogP contribution in [0.5, 0.6) is 0 Å². The number of rotatable bonds is 1. The standard InChI is InChI=1S/C14H13NO/c1-9-2-4-11-12-7-10(8-16)3-5-13(12)15-14(11)6-9/h2-7,15-16H,8H2,1H3. The van der Waals surface area contributed by atoms with Gasteiger partial charge in [0, 0.05) is 21.8 Å². The number of H-pyrrole nitrogens is 1. The second-order valence-electron chi connectivity index (χ2n) is 4.21. The van der Waals surface area contributed by atoms with E-state index in [4.69, 9.17) is 5.11 Å². The number of aromatic amines is 1. The summed E-state index contributed by atoms with van der Waals surface area (Å²) in [6.07, 6.45) is 0. The number of aryl methyl sites for hydroxylation is 1. The average Bonchev–Trinajstić information content (AvgIpc) is 2.65. The van der Waals surface area contributed by atoms with Gasteiger partial charge in [-0.2, -0.15) is 0 Å². The molecule has 0 amide bonds. The van der Waals surface area contributed by atoms with Crippen molar-refractivity contribution < 1.29 is 5.11 Å². The quantitative estimate of drug-likeness (QED) is 0.637. The van der Waals surface area contributed by atoms with Crippen LogP contribution in [0.1, 0.15) is 11.1 Å². The monoisotopic (exact) mass is 211 g/mol. The molecule has 2 aromatic carbocycles. The van der Waals surface area contributed by atoms with E-state index in [9.17, 15) is 0 Å². The molecule has 0 fully saturated rings. The average molecular weight is 211 g/mol. The molecule has 16 heavy (non-hydrogen) atoms. The van der Waals surface area contributed by atoms with Gasteiger partial charge in [-0.05, 0) is 36.2 Å². The van der Waals surface area contributed by atoms with Crippen LogP contribution < -0.4 is 0 Å². The number of aliphatic hydroxyl groups is 1. The second-order valence-corrected chi connectivity index (χ2v) is 4.21. The fraction of sp³-hybridized carbons (Fsp3) is 0.143. The summed E-state index contributed by atoms with van der Waals surface area (Å²) in [7, 11) is 0. The van der Waals surface area contributed by atoms with E-state index in [0.29, 0.717) is 0 Å². The van der Waals surface area contributed by atoms with Crippen molar-refractivity contribution in [2.75, 3.05) is 0 Å². The highest BCUT2D eigenvalue weighted by Gasteiger charge is 2.04. The first-order valence-electron chi connectivity index (χ1n) is 5.40. The molecule has 80 valence electrons. The fourth-order valence-corrected chi connectivity index (χ4v) is 2.16. The van der Waals surface area contributed by atoms with Crippen molar-refractivity contribution in [2.24, 2.45) is 0 Å². The van der Waals surface area contributed by atoms with Gasteiger partial charge in [-0.25, -0.2) is 0 Å². The number of fused-ring (bicyclic) bond motifs is 3. The summed E-state index contributed by atoms with van der Waals surface area (Å²) in [6.45, 7) is 2.18. The minimum Gasteiger partial charge on any atom is -0.392 e. The molecule has 3 rings (SSSR count). The van der Waals surface area contributed by atoms with Gasteiger partial charge in [-0.1, -0.05) is 18.2 Å². The third-order valence-corrected chi connectivity index (χ3v) is 3.00. The Kier molecular flexibility index (Phi) is 1.98. The lowest BCUT2D eigenvalue weighted by Crippen LogP contribution is -1.80. The third kappa shape index (κ3) is 1.31. The van der Waals surface area contributed by atoms with E-state index in [-0.39, 0.29) is 6.61 Å². The molecule has 1 heterocycles. The van der Waals surface area contributed by atoms with Crippen LogP contribution in [0.25, 0.3) is 21.8 Å². The maximum atomic E-state index is 9.14. The van der Waals surface area contributed by atoms with Crippen molar-refractivity contribution in [1.82, 2.24) is 4.98 Å². The topological polar surface area (TPSA) is 36.0 Å². The van der Waals surface area contributed by atoms with Gasteiger partial charge < -0.3 is 10.1 Å². The Balaban J connectivity index is 2.42. The molecule has 0 saturated heterocycles. The lowest BCUT2D eigenvalue weighted by Gasteiger charge is -1.96. The number of benzene rings is 2. The smallest absolute Gasteiger partial charge is 0.0682 e. The zero-order valence-corrected chi connectivity index (χ0v) is 9.12. The highest BCUT2D eigenvalue weighted by molar-refractivity contribution is 6.07. The molecule has 0 bridgehead atoms. The molecular formula is C14H13NO. The lowest BCUT2D eigenvalue weighted by atomic mass is 10.1. The van der Waals surface area contributed by atoms with Crippen LogP contribution in [0, 0.1) is 6.92 Å². The van der Waals surface area contributed by atoms with Crippen molar-refractivity contribution in [1.29, 1.82) is 0 Å². The maximum absolute atomic E-state index is 9.14. The normalized spacial score (nSPS) is 11.4. The summed E-state index contributed by atoms with van der Waals surface area (Å²) in [6, 6.07) is 12.4. The number of nitrogens with one attached hydrogen (secondary N) is 1. The zero-order valence-electron chi connectivity index (χ0n) is 9.12. The highest BCUT2D eigenvalue weighted by atomic mass is 16.3. The first-order chi connectivity index (χ1) is 7.78. The Morgan fingerprint density at radius 2 is 1.88 bits per heavy atom. The molecule has 0 aliphatic heterocycles. The van der Waals surface area contributed by atoms with Crippen LogP contribution >= 0.6 is 0 Å². The molecule has 0 spiro atoms. The predicted molar refractivity (Wildman–Crippen MR) is 66.5 cm³/mol. The molecule has 2 nitrogen and oxygen atoms in total. The van der Waals surface area contributed by atoms with Crippen LogP contribution in [-0.2, 0) is 6.61 Å². The Morgan fingerprint density at radius 3 is 2.69 bits per heavy atom. The van der Waals surface area contributed by atoms with E-state index in [2.05, 4.69) is 30.1 Å². The van der Waals surface area contributed by atoms with Crippen LogP contribution in [0.2, 0.25) is 0 Å². The fourth-order valence-electron chi connectivity index (χ4n) is 2.16. The summed E-state index contributed by atoms with van der Waals surface area (Å²) < 4.78 is 0. The van der Waals surface area contributed by atoms with Gasteiger partial charge in [-0.15, -0.1) is 0 Å². The van der Waals surface area contributed by atoms with Crippen molar-refractivity contribution in [3.05, 3.63) is 47.5 Å². The molecule has 0 atom stereocenters. The molecule has 0 saturated carbocycles. The zero-order chi connectivity index (χ0) is 11.1.